The largest absolute Gasteiger partial charge is 0.381 e. The molecule has 6 nitrogen and oxygen atoms in total. The average Bonchev–Trinajstić information content (AvgIpc) is 2.38. The molecule has 92 valence electrons. The van der Waals surface area contributed by atoms with E-state index in [4.69, 9.17) is 4.74 Å². The molecule has 17 heavy (non-hydrogen) atoms. The normalized spacial score (nSPS) is 19.9. The van der Waals surface area contributed by atoms with Crippen molar-refractivity contribution in [2.24, 2.45) is 5.92 Å². The first-order valence-electron chi connectivity index (χ1n) is 5.67. The van der Waals surface area contributed by atoms with Crippen molar-refractivity contribution in [3.63, 3.8) is 0 Å². The number of aromatic nitrogens is 1. The molecule has 1 fully saturated rings. The predicted molar refractivity (Wildman–Crippen MR) is 62.9 cm³/mol. The standard InChI is InChI=1S/C11H15N3O3/c15-14(16)11-7-12-4-3-10(11)13-6-9-2-1-5-17-8-9/h3-4,7,9H,1-2,5-6,8H2,(H,12,13). The maximum Gasteiger partial charge on any atom is 0.310 e. The summed E-state index contributed by atoms with van der Waals surface area (Å²) in [6.45, 7) is 2.25. The van der Waals surface area contributed by atoms with Gasteiger partial charge in [-0.05, 0) is 24.8 Å². The summed E-state index contributed by atoms with van der Waals surface area (Å²) >= 11 is 0. The van der Waals surface area contributed by atoms with Gasteiger partial charge in [0.1, 0.15) is 11.9 Å². The lowest BCUT2D eigenvalue weighted by atomic mass is 10.0. The number of pyridine rings is 1. The number of hydrogen-bond acceptors (Lipinski definition) is 5. The van der Waals surface area contributed by atoms with Crippen molar-refractivity contribution >= 4 is 11.4 Å². The smallest absolute Gasteiger partial charge is 0.310 e. The number of hydrogen-bond donors (Lipinski definition) is 1. The first kappa shape index (κ1) is 11.8. The summed E-state index contributed by atoms with van der Waals surface area (Å²) in [7, 11) is 0. The molecule has 1 atom stereocenters. The maximum absolute atomic E-state index is 10.8. The van der Waals surface area contributed by atoms with Crippen LogP contribution in [0.1, 0.15) is 12.8 Å². The van der Waals surface area contributed by atoms with Crippen molar-refractivity contribution in [1.29, 1.82) is 0 Å². The topological polar surface area (TPSA) is 77.3 Å². The minimum atomic E-state index is -0.424. The Hall–Kier alpha value is -1.69. The number of nitrogens with zero attached hydrogens (tertiary/aromatic N) is 2. The Labute approximate surface area is 99.2 Å². The van der Waals surface area contributed by atoms with Gasteiger partial charge in [0.2, 0.25) is 0 Å². The fraction of sp³-hybridized carbons (Fsp3) is 0.545. The number of rotatable bonds is 4. The van der Waals surface area contributed by atoms with E-state index in [2.05, 4.69) is 10.3 Å². The van der Waals surface area contributed by atoms with Gasteiger partial charge in [-0.3, -0.25) is 15.1 Å². The Bertz CT molecular complexity index is 391. The zero-order valence-electron chi connectivity index (χ0n) is 9.46. The van der Waals surface area contributed by atoms with E-state index in [0.29, 0.717) is 18.2 Å². The predicted octanol–water partition coefficient (Wildman–Crippen LogP) is 1.83. The molecule has 1 aromatic heterocycles. The van der Waals surface area contributed by atoms with E-state index in [0.717, 1.165) is 26.1 Å². The van der Waals surface area contributed by atoms with Crippen LogP contribution in [0.25, 0.3) is 0 Å². The Balaban J connectivity index is 1.96. The van der Waals surface area contributed by atoms with E-state index in [1.807, 2.05) is 0 Å². The van der Waals surface area contributed by atoms with Crippen LogP contribution in [0.2, 0.25) is 0 Å². The second-order valence-corrected chi connectivity index (χ2v) is 4.11. The van der Waals surface area contributed by atoms with Gasteiger partial charge in [0.25, 0.3) is 0 Å². The van der Waals surface area contributed by atoms with Gasteiger partial charge < -0.3 is 10.1 Å². The van der Waals surface area contributed by atoms with E-state index < -0.39 is 4.92 Å². The van der Waals surface area contributed by atoms with Crippen molar-refractivity contribution in [3.8, 4) is 0 Å². The van der Waals surface area contributed by atoms with E-state index >= 15 is 0 Å². The zero-order chi connectivity index (χ0) is 12.1. The zero-order valence-corrected chi connectivity index (χ0v) is 9.46. The Morgan fingerprint density at radius 2 is 2.53 bits per heavy atom. The summed E-state index contributed by atoms with van der Waals surface area (Å²) in [5.41, 5.74) is 0.541. The lowest BCUT2D eigenvalue weighted by Crippen LogP contribution is -2.24. The third kappa shape index (κ3) is 3.13. The molecule has 0 radical (unpaired) electrons. The quantitative estimate of drug-likeness (QED) is 0.638. The summed E-state index contributed by atoms with van der Waals surface area (Å²) in [5, 5.41) is 13.9. The monoisotopic (exact) mass is 237 g/mol. The SMILES string of the molecule is O=[N+]([O-])c1cnccc1NCC1CCCOC1. The van der Waals surface area contributed by atoms with Gasteiger partial charge in [-0.1, -0.05) is 0 Å². The van der Waals surface area contributed by atoms with Crippen LogP contribution >= 0.6 is 0 Å². The molecule has 1 aromatic rings. The van der Waals surface area contributed by atoms with Crippen LogP contribution in [0.4, 0.5) is 11.4 Å². The summed E-state index contributed by atoms with van der Waals surface area (Å²) < 4.78 is 5.36. The first-order valence-corrected chi connectivity index (χ1v) is 5.67. The van der Waals surface area contributed by atoms with Crippen molar-refractivity contribution in [1.82, 2.24) is 4.98 Å². The third-order valence-electron chi connectivity index (χ3n) is 2.83. The molecule has 1 unspecified atom stereocenters. The van der Waals surface area contributed by atoms with Gasteiger partial charge >= 0.3 is 5.69 Å². The molecule has 0 spiro atoms. The molecule has 1 N–H and O–H groups in total. The average molecular weight is 237 g/mol. The Kier molecular flexibility index (Phi) is 3.87. The van der Waals surface area contributed by atoms with Crippen LogP contribution < -0.4 is 5.32 Å². The first-order chi connectivity index (χ1) is 8.27. The lowest BCUT2D eigenvalue weighted by molar-refractivity contribution is -0.384. The van der Waals surface area contributed by atoms with E-state index in [-0.39, 0.29) is 5.69 Å². The highest BCUT2D eigenvalue weighted by atomic mass is 16.6. The van der Waals surface area contributed by atoms with Crippen LogP contribution in [0.3, 0.4) is 0 Å². The van der Waals surface area contributed by atoms with Crippen LogP contribution in [0.5, 0.6) is 0 Å². The molecule has 0 amide bonds. The summed E-state index contributed by atoms with van der Waals surface area (Å²) in [5.74, 6) is 0.427. The molecular formula is C11H15N3O3. The third-order valence-corrected chi connectivity index (χ3v) is 2.83. The number of anilines is 1. The molecule has 0 aliphatic carbocycles. The summed E-state index contributed by atoms with van der Waals surface area (Å²) in [6, 6.07) is 1.63. The highest BCUT2D eigenvalue weighted by Crippen LogP contribution is 2.23. The molecule has 2 rings (SSSR count). The summed E-state index contributed by atoms with van der Waals surface area (Å²) in [4.78, 5) is 14.1. The molecule has 0 aromatic carbocycles. The van der Waals surface area contributed by atoms with Crippen LogP contribution in [0.15, 0.2) is 18.5 Å². The highest BCUT2D eigenvalue weighted by Gasteiger charge is 2.17. The van der Waals surface area contributed by atoms with Gasteiger partial charge in [0, 0.05) is 19.3 Å². The van der Waals surface area contributed by atoms with Gasteiger partial charge in [-0.25, -0.2) is 0 Å². The number of nitro groups is 1. The number of nitrogens with one attached hydrogen (secondary N) is 1. The van der Waals surface area contributed by atoms with Crippen molar-refractivity contribution in [3.05, 3.63) is 28.6 Å². The van der Waals surface area contributed by atoms with Gasteiger partial charge in [0.05, 0.1) is 11.5 Å². The fourth-order valence-electron chi connectivity index (χ4n) is 1.90. The van der Waals surface area contributed by atoms with Crippen molar-refractivity contribution in [2.45, 2.75) is 12.8 Å². The molecule has 0 saturated carbocycles. The molecule has 0 bridgehead atoms. The van der Waals surface area contributed by atoms with E-state index in [1.165, 1.54) is 6.20 Å². The molecule has 1 saturated heterocycles. The van der Waals surface area contributed by atoms with Gasteiger partial charge in [0.15, 0.2) is 0 Å². The fourth-order valence-corrected chi connectivity index (χ4v) is 1.90. The van der Waals surface area contributed by atoms with Gasteiger partial charge in [-0.15, -0.1) is 0 Å². The highest BCUT2D eigenvalue weighted by molar-refractivity contribution is 5.59. The Morgan fingerprint density at radius 1 is 1.65 bits per heavy atom. The lowest BCUT2D eigenvalue weighted by Gasteiger charge is -2.22. The van der Waals surface area contributed by atoms with Crippen LogP contribution in [0, 0.1) is 16.0 Å². The minimum absolute atomic E-state index is 0.0178. The molecule has 2 heterocycles. The van der Waals surface area contributed by atoms with E-state index in [9.17, 15) is 10.1 Å². The van der Waals surface area contributed by atoms with Crippen molar-refractivity contribution in [2.75, 3.05) is 25.1 Å². The molecule has 1 aliphatic rings. The van der Waals surface area contributed by atoms with Crippen LogP contribution in [-0.2, 0) is 4.74 Å². The molecular weight excluding hydrogens is 222 g/mol. The van der Waals surface area contributed by atoms with Gasteiger partial charge in [-0.2, -0.15) is 0 Å². The second-order valence-electron chi connectivity index (χ2n) is 4.11. The second kappa shape index (κ2) is 5.58. The van der Waals surface area contributed by atoms with Crippen LogP contribution in [-0.4, -0.2) is 29.7 Å². The summed E-state index contributed by atoms with van der Waals surface area (Å²) in [6.07, 6.45) is 4.98. The minimum Gasteiger partial charge on any atom is -0.381 e. The maximum atomic E-state index is 10.8. The number of ether oxygens (including phenoxy) is 1. The van der Waals surface area contributed by atoms with Crippen molar-refractivity contribution < 1.29 is 9.66 Å². The molecule has 1 aliphatic heterocycles. The Morgan fingerprint density at radius 3 is 3.24 bits per heavy atom. The molecule has 6 heteroatoms. The van der Waals surface area contributed by atoms with E-state index in [1.54, 1.807) is 12.3 Å².